The molecule has 0 aromatic heterocycles. The molecule has 98 valence electrons. The number of benzene rings is 1. The first kappa shape index (κ1) is 12.8. The van der Waals surface area contributed by atoms with Crippen molar-refractivity contribution < 1.29 is 9.47 Å². The minimum atomic E-state index is 0.256. The van der Waals surface area contributed by atoms with Crippen LogP contribution in [0.5, 0.6) is 5.75 Å². The molecule has 2 unspecified atom stereocenters. The Labute approximate surface area is 121 Å². The molecule has 1 aromatic rings. The summed E-state index contributed by atoms with van der Waals surface area (Å²) in [6, 6.07) is 4.03. The summed E-state index contributed by atoms with van der Waals surface area (Å²) in [6.07, 6.45) is 4.64. The maximum Gasteiger partial charge on any atom is 0.127 e. The Morgan fingerprint density at radius 3 is 3.06 bits per heavy atom. The van der Waals surface area contributed by atoms with E-state index in [-0.39, 0.29) is 4.83 Å². The van der Waals surface area contributed by atoms with Crippen molar-refractivity contribution in [2.45, 2.75) is 36.6 Å². The largest absolute Gasteiger partial charge is 0.493 e. The molecular weight excluding hydrogens is 316 g/mol. The van der Waals surface area contributed by atoms with Crippen LogP contribution in [0.15, 0.2) is 12.1 Å². The zero-order chi connectivity index (χ0) is 12.5. The maximum absolute atomic E-state index is 6.18. The van der Waals surface area contributed by atoms with Crippen LogP contribution in [-0.4, -0.2) is 19.3 Å². The maximum atomic E-state index is 6.18. The van der Waals surface area contributed by atoms with Crippen LogP contribution in [0.3, 0.4) is 0 Å². The SMILES string of the molecule is Clc1cc2c(c(C(Br)CC3CCCO3)c1)OCC2. The molecule has 0 radical (unpaired) electrons. The van der Waals surface area contributed by atoms with Crippen molar-refractivity contribution in [2.75, 3.05) is 13.2 Å². The lowest BCUT2D eigenvalue weighted by Gasteiger charge is -2.18. The number of hydrogen-bond donors (Lipinski definition) is 0. The average molecular weight is 332 g/mol. The summed E-state index contributed by atoms with van der Waals surface area (Å²) < 4.78 is 11.4. The summed E-state index contributed by atoms with van der Waals surface area (Å²) in [5.74, 6) is 1.03. The van der Waals surface area contributed by atoms with E-state index in [0.717, 1.165) is 43.2 Å². The van der Waals surface area contributed by atoms with E-state index in [1.165, 1.54) is 17.5 Å². The van der Waals surface area contributed by atoms with Gasteiger partial charge in [-0.3, -0.25) is 0 Å². The van der Waals surface area contributed by atoms with E-state index in [2.05, 4.69) is 15.9 Å². The highest BCUT2D eigenvalue weighted by atomic mass is 79.9. The quantitative estimate of drug-likeness (QED) is 0.770. The first-order valence-electron chi connectivity index (χ1n) is 6.45. The van der Waals surface area contributed by atoms with Crippen molar-refractivity contribution in [1.82, 2.24) is 0 Å². The first-order valence-corrected chi connectivity index (χ1v) is 7.74. The topological polar surface area (TPSA) is 18.5 Å². The van der Waals surface area contributed by atoms with E-state index in [4.69, 9.17) is 21.1 Å². The second-order valence-corrected chi connectivity index (χ2v) is 6.46. The Kier molecular flexibility index (Phi) is 3.83. The van der Waals surface area contributed by atoms with Crippen LogP contribution >= 0.6 is 27.5 Å². The summed E-state index contributed by atoms with van der Waals surface area (Å²) in [7, 11) is 0. The zero-order valence-electron chi connectivity index (χ0n) is 10.1. The average Bonchev–Trinajstić information content (AvgIpc) is 2.97. The molecule has 0 saturated carbocycles. The lowest BCUT2D eigenvalue weighted by atomic mass is 10.0. The van der Waals surface area contributed by atoms with Gasteiger partial charge in [0.05, 0.1) is 12.7 Å². The van der Waals surface area contributed by atoms with Crippen molar-refractivity contribution in [2.24, 2.45) is 0 Å². The highest BCUT2D eigenvalue weighted by Crippen LogP contribution is 2.42. The number of ether oxygens (including phenoxy) is 2. The van der Waals surface area contributed by atoms with Crippen LogP contribution in [-0.2, 0) is 11.2 Å². The van der Waals surface area contributed by atoms with Gasteiger partial charge in [-0.25, -0.2) is 0 Å². The fraction of sp³-hybridized carbons (Fsp3) is 0.571. The molecule has 1 saturated heterocycles. The van der Waals surface area contributed by atoms with Gasteiger partial charge in [0, 0.05) is 28.4 Å². The summed E-state index contributed by atoms with van der Waals surface area (Å²) in [5.41, 5.74) is 2.40. The van der Waals surface area contributed by atoms with Crippen molar-refractivity contribution in [3.63, 3.8) is 0 Å². The molecular formula is C14H16BrClO2. The molecule has 2 heterocycles. The molecule has 3 rings (SSSR count). The summed E-state index contributed by atoms with van der Waals surface area (Å²) in [6.45, 7) is 1.66. The molecule has 2 aliphatic rings. The molecule has 0 amide bonds. The third kappa shape index (κ3) is 2.54. The number of fused-ring (bicyclic) bond motifs is 1. The van der Waals surface area contributed by atoms with Crippen molar-refractivity contribution in [1.29, 1.82) is 0 Å². The summed E-state index contributed by atoms with van der Waals surface area (Å²) in [5, 5.41) is 0.797. The standard InChI is InChI=1S/C14H16BrClO2/c15-13(8-11-2-1-4-17-11)12-7-10(16)6-9-3-5-18-14(9)12/h6-7,11,13H,1-5,8H2. The normalized spacial score (nSPS) is 23.8. The molecule has 4 heteroatoms. The Hall–Kier alpha value is -0.250. The zero-order valence-corrected chi connectivity index (χ0v) is 12.5. The molecule has 0 aliphatic carbocycles. The fourth-order valence-corrected chi connectivity index (χ4v) is 3.72. The Balaban J connectivity index is 1.82. The highest BCUT2D eigenvalue weighted by Gasteiger charge is 2.25. The second-order valence-electron chi connectivity index (χ2n) is 4.92. The Bertz CT molecular complexity index is 444. The molecule has 2 nitrogen and oxygen atoms in total. The van der Waals surface area contributed by atoms with E-state index in [1.54, 1.807) is 0 Å². The molecule has 1 fully saturated rings. The van der Waals surface area contributed by atoms with Gasteiger partial charge in [-0.15, -0.1) is 0 Å². The minimum Gasteiger partial charge on any atom is -0.493 e. The van der Waals surface area contributed by atoms with Crippen molar-refractivity contribution in [3.8, 4) is 5.75 Å². The van der Waals surface area contributed by atoms with Gasteiger partial charge >= 0.3 is 0 Å². The van der Waals surface area contributed by atoms with Gasteiger partial charge in [-0.1, -0.05) is 27.5 Å². The van der Waals surface area contributed by atoms with E-state index in [1.807, 2.05) is 12.1 Å². The van der Waals surface area contributed by atoms with E-state index >= 15 is 0 Å². The molecule has 2 aliphatic heterocycles. The molecule has 1 aromatic carbocycles. The lowest BCUT2D eigenvalue weighted by Crippen LogP contribution is -2.08. The number of rotatable bonds is 3. The minimum absolute atomic E-state index is 0.256. The van der Waals surface area contributed by atoms with Gasteiger partial charge in [0.25, 0.3) is 0 Å². The van der Waals surface area contributed by atoms with Gasteiger partial charge in [0.1, 0.15) is 5.75 Å². The van der Waals surface area contributed by atoms with Crippen LogP contribution in [0.1, 0.15) is 35.2 Å². The predicted molar refractivity (Wildman–Crippen MR) is 75.9 cm³/mol. The molecule has 0 spiro atoms. The number of alkyl halides is 1. The van der Waals surface area contributed by atoms with Crippen LogP contribution in [0.25, 0.3) is 0 Å². The Morgan fingerprint density at radius 2 is 2.28 bits per heavy atom. The van der Waals surface area contributed by atoms with Crippen molar-refractivity contribution >= 4 is 27.5 Å². The van der Waals surface area contributed by atoms with Crippen LogP contribution in [0, 0.1) is 0 Å². The van der Waals surface area contributed by atoms with Gasteiger partial charge in [-0.05, 0) is 37.0 Å². The van der Waals surface area contributed by atoms with Gasteiger partial charge in [0.2, 0.25) is 0 Å². The molecule has 0 N–H and O–H groups in total. The van der Waals surface area contributed by atoms with E-state index in [9.17, 15) is 0 Å². The van der Waals surface area contributed by atoms with Gasteiger partial charge < -0.3 is 9.47 Å². The monoisotopic (exact) mass is 330 g/mol. The summed E-state index contributed by atoms with van der Waals surface area (Å²) in [4.78, 5) is 0.256. The third-order valence-electron chi connectivity index (χ3n) is 3.61. The molecule has 18 heavy (non-hydrogen) atoms. The first-order chi connectivity index (χ1) is 8.74. The van der Waals surface area contributed by atoms with Crippen molar-refractivity contribution in [3.05, 3.63) is 28.3 Å². The molecule has 2 atom stereocenters. The smallest absolute Gasteiger partial charge is 0.127 e. The Morgan fingerprint density at radius 1 is 1.39 bits per heavy atom. The van der Waals surface area contributed by atoms with E-state index < -0.39 is 0 Å². The van der Waals surface area contributed by atoms with Crippen LogP contribution in [0.4, 0.5) is 0 Å². The van der Waals surface area contributed by atoms with Crippen LogP contribution in [0.2, 0.25) is 5.02 Å². The second kappa shape index (κ2) is 5.40. The van der Waals surface area contributed by atoms with E-state index in [0.29, 0.717) is 6.10 Å². The van der Waals surface area contributed by atoms with Crippen LogP contribution < -0.4 is 4.74 Å². The lowest BCUT2D eigenvalue weighted by molar-refractivity contribution is 0.104. The molecule has 0 bridgehead atoms. The van der Waals surface area contributed by atoms with Gasteiger partial charge in [0.15, 0.2) is 0 Å². The number of hydrogen-bond acceptors (Lipinski definition) is 2. The number of halogens is 2. The van der Waals surface area contributed by atoms with Gasteiger partial charge in [-0.2, -0.15) is 0 Å². The summed E-state index contributed by atoms with van der Waals surface area (Å²) >= 11 is 9.95. The third-order valence-corrected chi connectivity index (χ3v) is 4.69. The predicted octanol–water partition coefficient (Wildman–Crippen LogP) is 4.28. The highest BCUT2D eigenvalue weighted by molar-refractivity contribution is 9.09. The fourth-order valence-electron chi connectivity index (χ4n) is 2.72.